The SMILES string of the molecule is CC(=O)N(CCNC(=O)c1cccnc1)c1ccc(N2CCCCC2)cc1. The van der Waals surface area contributed by atoms with E-state index in [1.165, 1.54) is 31.1 Å². The summed E-state index contributed by atoms with van der Waals surface area (Å²) in [6.45, 7) is 4.53. The number of carbonyl (C=O) groups excluding carboxylic acids is 2. The Morgan fingerprint density at radius 1 is 1.11 bits per heavy atom. The zero-order valence-electron chi connectivity index (χ0n) is 15.7. The predicted molar refractivity (Wildman–Crippen MR) is 107 cm³/mol. The van der Waals surface area contributed by atoms with Crippen LogP contribution < -0.4 is 15.1 Å². The molecule has 0 bridgehead atoms. The average molecular weight is 366 g/mol. The maximum atomic E-state index is 12.1. The molecule has 0 unspecified atom stereocenters. The molecule has 0 spiro atoms. The third kappa shape index (κ3) is 5.06. The molecule has 142 valence electrons. The number of piperidine rings is 1. The summed E-state index contributed by atoms with van der Waals surface area (Å²) in [5.74, 6) is -0.233. The first-order valence-electron chi connectivity index (χ1n) is 9.46. The number of hydrogen-bond acceptors (Lipinski definition) is 4. The normalized spacial score (nSPS) is 13.9. The molecule has 1 aliphatic rings. The Morgan fingerprint density at radius 3 is 2.48 bits per heavy atom. The Balaban J connectivity index is 1.58. The molecule has 1 saturated heterocycles. The van der Waals surface area contributed by atoms with Crippen molar-refractivity contribution in [3.63, 3.8) is 0 Å². The Hall–Kier alpha value is -2.89. The van der Waals surface area contributed by atoms with E-state index in [0.29, 0.717) is 18.7 Å². The van der Waals surface area contributed by atoms with Gasteiger partial charge in [-0.25, -0.2) is 0 Å². The van der Waals surface area contributed by atoms with E-state index in [9.17, 15) is 9.59 Å². The van der Waals surface area contributed by atoms with Gasteiger partial charge in [-0.05, 0) is 55.7 Å². The highest BCUT2D eigenvalue weighted by Crippen LogP contribution is 2.23. The van der Waals surface area contributed by atoms with Gasteiger partial charge in [0, 0.05) is 56.9 Å². The van der Waals surface area contributed by atoms with Crippen molar-refractivity contribution < 1.29 is 9.59 Å². The maximum absolute atomic E-state index is 12.1. The first kappa shape index (κ1) is 18.9. The molecule has 1 fully saturated rings. The number of aromatic nitrogens is 1. The van der Waals surface area contributed by atoms with Crippen LogP contribution in [-0.2, 0) is 4.79 Å². The van der Waals surface area contributed by atoms with Crippen LogP contribution in [0.15, 0.2) is 48.8 Å². The topological polar surface area (TPSA) is 65.5 Å². The summed E-state index contributed by atoms with van der Waals surface area (Å²) in [6, 6.07) is 11.5. The van der Waals surface area contributed by atoms with Gasteiger partial charge in [0.05, 0.1) is 5.56 Å². The van der Waals surface area contributed by atoms with Gasteiger partial charge in [0.1, 0.15) is 0 Å². The zero-order chi connectivity index (χ0) is 19.1. The van der Waals surface area contributed by atoms with Gasteiger partial charge in [-0.3, -0.25) is 14.6 Å². The number of hydrogen-bond donors (Lipinski definition) is 1. The van der Waals surface area contributed by atoms with Crippen LogP contribution in [0.2, 0.25) is 0 Å². The Bertz CT molecular complexity index is 756. The lowest BCUT2D eigenvalue weighted by atomic mass is 10.1. The summed E-state index contributed by atoms with van der Waals surface area (Å²) in [5, 5.41) is 2.84. The summed E-state index contributed by atoms with van der Waals surface area (Å²) < 4.78 is 0. The van der Waals surface area contributed by atoms with E-state index in [0.717, 1.165) is 18.8 Å². The van der Waals surface area contributed by atoms with Crippen LogP contribution >= 0.6 is 0 Å². The number of pyridine rings is 1. The molecule has 1 aromatic heterocycles. The van der Waals surface area contributed by atoms with Crippen molar-refractivity contribution in [2.24, 2.45) is 0 Å². The molecule has 1 N–H and O–H groups in total. The molecule has 0 atom stereocenters. The number of rotatable bonds is 6. The first-order chi connectivity index (χ1) is 13.1. The zero-order valence-corrected chi connectivity index (χ0v) is 15.7. The lowest BCUT2D eigenvalue weighted by Crippen LogP contribution is -2.37. The van der Waals surface area contributed by atoms with Crippen LogP contribution in [0.3, 0.4) is 0 Å². The standard InChI is InChI=1S/C21H26N4O2/c1-17(26)25(15-12-23-21(27)18-6-5-11-22-16-18)20-9-7-19(8-10-20)24-13-3-2-4-14-24/h5-11,16H,2-4,12-15H2,1H3,(H,23,27). The molecule has 3 rings (SSSR count). The number of nitrogens with zero attached hydrogens (tertiary/aromatic N) is 3. The minimum atomic E-state index is -0.188. The number of nitrogens with one attached hydrogen (secondary N) is 1. The quantitative estimate of drug-likeness (QED) is 0.854. The molecule has 2 amide bonds. The van der Waals surface area contributed by atoms with Crippen molar-refractivity contribution in [2.75, 3.05) is 36.0 Å². The van der Waals surface area contributed by atoms with Crippen molar-refractivity contribution in [1.29, 1.82) is 0 Å². The van der Waals surface area contributed by atoms with Crippen molar-refractivity contribution >= 4 is 23.2 Å². The molecule has 0 radical (unpaired) electrons. The third-order valence-corrected chi connectivity index (χ3v) is 4.81. The highest BCUT2D eigenvalue weighted by atomic mass is 16.2. The highest BCUT2D eigenvalue weighted by Gasteiger charge is 2.14. The summed E-state index contributed by atoms with van der Waals surface area (Å²) in [4.78, 5) is 32.2. The lowest BCUT2D eigenvalue weighted by molar-refractivity contribution is -0.116. The summed E-state index contributed by atoms with van der Waals surface area (Å²) in [6.07, 6.45) is 6.92. The molecule has 0 aliphatic carbocycles. The second kappa shape index (κ2) is 9.16. The fourth-order valence-electron chi connectivity index (χ4n) is 3.34. The molecule has 0 saturated carbocycles. The van der Waals surface area contributed by atoms with Gasteiger partial charge in [-0.2, -0.15) is 0 Å². The van der Waals surface area contributed by atoms with Crippen LogP contribution in [0.1, 0.15) is 36.5 Å². The molecular formula is C21H26N4O2. The van der Waals surface area contributed by atoms with Crippen molar-refractivity contribution in [2.45, 2.75) is 26.2 Å². The van der Waals surface area contributed by atoms with E-state index in [-0.39, 0.29) is 11.8 Å². The monoisotopic (exact) mass is 366 g/mol. The smallest absolute Gasteiger partial charge is 0.252 e. The maximum Gasteiger partial charge on any atom is 0.252 e. The molecule has 2 aromatic rings. The largest absolute Gasteiger partial charge is 0.372 e. The molecule has 1 aliphatic heterocycles. The summed E-state index contributed by atoms with van der Waals surface area (Å²) >= 11 is 0. The van der Waals surface area contributed by atoms with Crippen LogP contribution in [0.4, 0.5) is 11.4 Å². The number of benzene rings is 1. The third-order valence-electron chi connectivity index (χ3n) is 4.81. The summed E-state index contributed by atoms with van der Waals surface area (Å²) in [7, 11) is 0. The fourth-order valence-corrected chi connectivity index (χ4v) is 3.34. The van der Waals surface area contributed by atoms with Gasteiger partial charge in [-0.15, -0.1) is 0 Å². The van der Waals surface area contributed by atoms with Crippen molar-refractivity contribution in [3.05, 3.63) is 54.4 Å². The molecule has 6 nitrogen and oxygen atoms in total. The number of carbonyl (C=O) groups is 2. The minimum Gasteiger partial charge on any atom is -0.372 e. The second-order valence-corrected chi connectivity index (χ2v) is 6.73. The molecule has 27 heavy (non-hydrogen) atoms. The highest BCUT2D eigenvalue weighted by molar-refractivity contribution is 5.94. The van der Waals surface area contributed by atoms with Crippen molar-refractivity contribution in [1.82, 2.24) is 10.3 Å². The molecular weight excluding hydrogens is 340 g/mol. The van der Waals surface area contributed by atoms with Gasteiger partial charge in [0.25, 0.3) is 5.91 Å². The van der Waals surface area contributed by atoms with E-state index in [4.69, 9.17) is 0 Å². The van der Waals surface area contributed by atoms with Crippen LogP contribution in [0, 0.1) is 0 Å². The lowest BCUT2D eigenvalue weighted by Gasteiger charge is -2.29. The number of amides is 2. The second-order valence-electron chi connectivity index (χ2n) is 6.73. The van der Waals surface area contributed by atoms with E-state index in [2.05, 4.69) is 27.3 Å². The van der Waals surface area contributed by atoms with E-state index in [1.54, 1.807) is 30.2 Å². The van der Waals surface area contributed by atoms with Crippen LogP contribution in [0.5, 0.6) is 0 Å². The predicted octanol–water partition coefficient (Wildman–Crippen LogP) is 2.85. The summed E-state index contributed by atoms with van der Waals surface area (Å²) in [5.41, 5.74) is 2.56. The van der Waals surface area contributed by atoms with Gasteiger partial charge in [0.15, 0.2) is 0 Å². The van der Waals surface area contributed by atoms with Gasteiger partial charge < -0.3 is 15.1 Å². The van der Waals surface area contributed by atoms with Crippen molar-refractivity contribution in [3.8, 4) is 0 Å². The van der Waals surface area contributed by atoms with Crippen LogP contribution in [-0.4, -0.2) is 43.0 Å². The minimum absolute atomic E-state index is 0.0450. The van der Waals surface area contributed by atoms with E-state index < -0.39 is 0 Å². The Morgan fingerprint density at radius 2 is 1.85 bits per heavy atom. The average Bonchev–Trinajstić information content (AvgIpc) is 2.72. The fraction of sp³-hybridized carbons (Fsp3) is 0.381. The van der Waals surface area contributed by atoms with Crippen LogP contribution in [0.25, 0.3) is 0 Å². The Kier molecular flexibility index (Phi) is 6.41. The first-order valence-corrected chi connectivity index (χ1v) is 9.46. The van der Waals surface area contributed by atoms with Gasteiger partial charge >= 0.3 is 0 Å². The van der Waals surface area contributed by atoms with E-state index >= 15 is 0 Å². The van der Waals surface area contributed by atoms with Gasteiger partial charge in [0.2, 0.25) is 5.91 Å². The molecule has 6 heteroatoms. The van der Waals surface area contributed by atoms with Gasteiger partial charge in [-0.1, -0.05) is 0 Å². The number of anilines is 2. The Labute approximate surface area is 160 Å². The molecule has 1 aromatic carbocycles. The molecule has 2 heterocycles. The van der Waals surface area contributed by atoms with E-state index in [1.807, 2.05) is 12.1 Å².